The number of carbonyl (C=O) groups is 1. The molecular weight excluding hydrogens is 409 g/mol. The lowest BCUT2D eigenvalue weighted by Crippen LogP contribution is -2.49. The second-order valence-corrected chi connectivity index (χ2v) is 8.58. The molecule has 0 radical (unpaired) electrons. The summed E-state index contributed by atoms with van der Waals surface area (Å²) in [5.74, 6) is -0.976. The minimum absolute atomic E-state index is 0.0211. The van der Waals surface area contributed by atoms with E-state index in [1.165, 1.54) is 19.2 Å². The van der Waals surface area contributed by atoms with Crippen molar-refractivity contribution in [1.29, 1.82) is 0 Å². The number of hydrogen-bond acceptors (Lipinski definition) is 4. The molecule has 0 aliphatic carbocycles. The lowest BCUT2D eigenvalue weighted by molar-refractivity contribution is -0.137. The van der Waals surface area contributed by atoms with E-state index >= 15 is 0 Å². The first-order chi connectivity index (χ1) is 14.1. The van der Waals surface area contributed by atoms with Crippen LogP contribution >= 0.6 is 11.6 Å². The average Bonchev–Trinajstić information content (AvgIpc) is 2.69. The highest BCUT2D eigenvalue weighted by Crippen LogP contribution is 2.38. The second kappa shape index (κ2) is 8.53. The molecule has 1 heterocycles. The first kappa shape index (κ1) is 22.5. The predicted molar refractivity (Wildman–Crippen MR) is 113 cm³/mol. The van der Waals surface area contributed by atoms with Crippen molar-refractivity contribution in [3.63, 3.8) is 0 Å². The number of carbonyl (C=O) groups excluding carboxylic acids is 1. The molecule has 7 heteroatoms. The Morgan fingerprint density at radius 3 is 2.63 bits per heavy atom. The van der Waals surface area contributed by atoms with E-state index in [2.05, 4.69) is 0 Å². The Labute approximate surface area is 181 Å². The summed E-state index contributed by atoms with van der Waals surface area (Å²) in [5, 5.41) is 20.7. The Bertz CT molecular complexity index is 957. The standard InChI is InChI=1S/C23H27ClFNO4/c1-13-15-6-5-7-18(23(2,3)29)16(15)10-14(12-27)26(13)21(28)11-17-19(24)8-9-20(30-4)22(17)25/h5-9,13-14,27,29H,10-12H2,1-4H3/t13-,14+/m0/s1. The molecule has 2 aromatic rings. The number of aliphatic hydroxyl groups is 2. The molecule has 0 fully saturated rings. The van der Waals surface area contributed by atoms with E-state index in [0.29, 0.717) is 6.42 Å². The van der Waals surface area contributed by atoms with Gasteiger partial charge in [-0.25, -0.2) is 4.39 Å². The lowest BCUT2D eigenvalue weighted by atomic mass is 9.81. The number of ether oxygens (including phenoxy) is 1. The van der Waals surface area contributed by atoms with E-state index in [9.17, 15) is 19.4 Å². The molecule has 30 heavy (non-hydrogen) atoms. The molecular formula is C23H27ClFNO4. The van der Waals surface area contributed by atoms with Gasteiger partial charge in [0.05, 0.1) is 37.8 Å². The third-order valence-corrected chi connectivity index (χ3v) is 6.12. The topological polar surface area (TPSA) is 70.0 Å². The molecule has 0 bridgehead atoms. The van der Waals surface area contributed by atoms with Gasteiger partial charge in [-0.05, 0) is 56.0 Å². The van der Waals surface area contributed by atoms with Crippen LogP contribution in [0.25, 0.3) is 0 Å². The van der Waals surface area contributed by atoms with Gasteiger partial charge in [-0.2, -0.15) is 0 Å². The maximum absolute atomic E-state index is 14.7. The number of nitrogens with zero attached hydrogens (tertiary/aromatic N) is 1. The summed E-state index contributed by atoms with van der Waals surface area (Å²) in [6, 6.07) is 7.71. The monoisotopic (exact) mass is 435 g/mol. The number of fused-ring (bicyclic) bond motifs is 1. The Morgan fingerprint density at radius 1 is 1.33 bits per heavy atom. The van der Waals surface area contributed by atoms with Crippen molar-refractivity contribution in [3.05, 3.63) is 63.4 Å². The molecule has 0 unspecified atom stereocenters. The van der Waals surface area contributed by atoms with Crippen LogP contribution in [0.3, 0.4) is 0 Å². The summed E-state index contributed by atoms with van der Waals surface area (Å²) in [7, 11) is 1.35. The summed E-state index contributed by atoms with van der Waals surface area (Å²) in [6.45, 7) is 5.05. The van der Waals surface area contributed by atoms with Gasteiger partial charge >= 0.3 is 0 Å². The molecule has 2 aromatic carbocycles. The van der Waals surface area contributed by atoms with E-state index in [-0.39, 0.29) is 41.3 Å². The number of halogens is 2. The van der Waals surface area contributed by atoms with Crippen LogP contribution in [0.2, 0.25) is 5.02 Å². The zero-order valence-electron chi connectivity index (χ0n) is 17.6. The summed E-state index contributed by atoms with van der Waals surface area (Å²) in [4.78, 5) is 14.8. The molecule has 0 saturated heterocycles. The van der Waals surface area contributed by atoms with Crippen molar-refractivity contribution in [2.24, 2.45) is 0 Å². The van der Waals surface area contributed by atoms with Crippen LogP contribution in [0.5, 0.6) is 5.75 Å². The van der Waals surface area contributed by atoms with E-state index in [1.807, 2.05) is 25.1 Å². The molecule has 1 amide bonds. The van der Waals surface area contributed by atoms with Gasteiger partial charge in [0.2, 0.25) is 5.91 Å². The van der Waals surface area contributed by atoms with Crippen LogP contribution in [-0.4, -0.2) is 40.8 Å². The fraction of sp³-hybridized carbons (Fsp3) is 0.435. The maximum atomic E-state index is 14.7. The lowest BCUT2D eigenvalue weighted by Gasteiger charge is -2.43. The largest absolute Gasteiger partial charge is 0.494 e. The molecule has 0 saturated carbocycles. The minimum atomic E-state index is -1.05. The van der Waals surface area contributed by atoms with Crippen LogP contribution < -0.4 is 4.74 Å². The van der Waals surface area contributed by atoms with Gasteiger partial charge in [0.1, 0.15) is 0 Å². The second-order valence-electron chi connectivity index (χ2n) is 8.17. The quantitative estimate of drug-likeness (QED) is 0.750. The number of amides is 1. The molecule has 2 N–H and O–H groups in total. The molecule has 2 atom stereocenters. The summed E-state index contributed by atoms with van der Waals surface area (Å²) >= 11 is 6.16. The van der Waals surface area contributed by atoms with Crippen molar-refractivity contribution in [3.8, 4) is 5.75 Å². The molecule has 162 valence electrons. The van der Waals surface area contributed by atoms with Crippen LogP contribution in [-0.2, 0) is 23.2 Å². The van der Waals surface area contributed by atoms with Crippen molar-refractivity contribution in [2.75, 3.05) is 13.7 Å². The third-order valence-electron chi connectivity index (χ3n) is 5.77. The zero-order chi connectivity index (χ0) is 22.2. The molecule has 1 aliphatic rings. The first-order valence-electron chi connectivity index (χ1n) is 9.87. The number of aliphatic hydroxyl groups excluding tert-OH is 1. The van der Waals surface area contributed by atoms with Crippen molar-refractivity contribution in [1.82, 2.24) is 4.90 Å². The van der Waals surface area contributed by atoms with Crippen molar-refractivity contribution < 1.29 is 24.1 Å². The van der Waals surface area contributed by atoms with Crippen LogP contribution in [0, 0.1) is 5.82 Å². The molecule has 0 aromatic heterocycles. The fourth-order valence-corrected chi connectivity index (χ4v) is 4.52. The number of hydrogen-bond donors (Lipinski definition) is 2. The average molecular weight is 436 g/mol. The van der Waals surface area contributed by atoms with Gasteiger partial charge in [-0.3, -0.25) is 4.79 Å². The van der Waals surface area contributed by atoms with Gasteiger partial charge in [-0.15, -0.1) is 0 Å². The number of benzene rings is 2. The van der Waals surface area contributed by atoms with Gasteiger partial charge < -0.3 is 19.8 Å². The van der Waals surface area contributed by atoms with E-state index in [1.54, 1.807) is 18.7 Å². The smallest absolute Gasteiger partial charge is 0.228 e. The molecule has 3 rings (SSSR count). The van der Waals surface area contributed by atoms with Crippen molar-refractivity contribution >= 4 is 17.5 Å². The predicted octanol–water partition coefficient (Wildman–Crippen LogP) is 3.76. The Hall–Kier alpha value is -2.15. The zero-order valence-corrected chi connectivity index (χ0v) is 18.3. The van der Waals surface area contributed by atoms with E-state index < -0.39 is 17.5 Å². The SMILES string of the molecule is COc1ccc(Cl)c(CC(=O)N2[C@@H](CO)Cc3c(cccc3C(C)(C)O)[C@@H]2C)c1F. The highest BCUT2D eigenvalue weighted by molar-refractivity contribution is 6.31. The van der Waals surface area contributed by atoms with Crippen molar-refractivity contribution in [2.45, 2.75) is 51.3 Å². The van der Waals surface area contributed by atoms with Crippen LogP contribution in [0.15, 0.2) is 30.3 Å². The van der Waals surface area contributed by atoms with Gasteiger partial charge in [0, 0.05) is 10.6 Å². The van der Waals surface area contributed by atoms with Gasteiger partial charge in [0.15, 0.2) is 11.6 Å². The highest BCUT2D eigenvalue weighted by atomic mass is 35.5. The van der Waals surface area contributed by atoms with Crippen LogP contribution in [0.4, 0.5) is 4.39 Å². The number of rotatable bonds is 5. The summed E-state index contributed by atoms with van der Waals surface area (Å²) < 4.78 is 19.7. The van der Waals surface area contributed by atoms with Gasteiger partial charge in [0.25, 0.3) is 0 Å². The maximum Gasteiger partial charge on any atom is 0.228 e. The van der Waals surface area contributed by atoms with Gasteiger partial charge in [-0.1, -0.05) is 29.8 Å². The normalized spacial score (nSPS) is 18.9. The van der Waals surface area contributed by atoms with E-state index in [4.69, 9.17) is 16.3 Å². The minimum Gasteiger partial charge on any atom is -0.494 e. The molecule has 0 spiro atoms. The Morgan fingerprint density at radius 2 is 2.03 bits per heavy atom. The highest BCUT2D eigenvalue weighted by Gasteiger charge is 2.37. The van der Waals surface area contributed by atoms with E-state index in [0.717, 1.165) is 16.7 Å². The Balaban J connectivity index is 1.99. The molecule has 1 aliphatic heterocycles. The summed E-state index contributed by atoms with van der Waals surface area (Å²) in [6.07, 6.45) is 0.152. The Kier molecular flexibility index (Phi) is 6.41. The summed E-state index contributed by atoms with van der Waals surface area (Å²) in [5.41, 5.74) is 1.64. The third kappa shape index (κ3) is 4.04. The first-order valence-corrected chi connectivity index (χ1v) is 10.3. The van der Waals surface area contributed by atoms with Crippen LogP contribution in [0.1, 0.15) is 49.1 Å². The number of methoxy groups -OCH3 is 1. The fourth-order valence-electron chi connectivity index (χ4n) is 4.31. The molecule has 5 nitrogen and oxygen atoms in total.